The van der Waals surface area contributed by atoms with Crippen molar-refractivity contribution in [1.29, 1.82) is 0 Å². The van der Waals surface area contributed by atoms with E-state index in [0.29, 0.717) is 0 Å². The predicted octanol–water partition coefficient (Wildman–Crippen LogP) is 6.93. The third kappa shape index (κ3) is 3.53. The van der Waals surface area contributed by atoms with Gasteiger partial charge in [0.25, 0.3) is 0 Å². The smallest absolute Gasteiger partial charge is 0.00974 e. The highest BCUT2D eigenvalue weighted by Crippen LogP contribution is 2.65. The normalized spacial score (nSPS) is 42.7. The summed E-state index contributed by atoms with van der Waals surface area (Å²) in [6, 6.07) is 0. The summed E-state index contributed by atoms with van der Waals surface area (Å²) >= 11 is 0. The van der Waals surface area contributed by atoms with E-state index in [-0.39, 0.29) is 0 Å². The lowest BCUT2D eigenvalue weighted by Gasteiger charge is -2.32. The molecule has 0 heterocycles. The van der Waals surface area contributed by atoms with Gasteiger partial charge in [0.05, 0.1) is 0 Å². The van der Waals surface area contributed by atoms with Gasteiger partial charge >= 0.3 is 0 Å². The maximum absolute atomic E-state index is 4.16. The van der Waals surface area contributed by atoms with Gasteiger partial charge in [0.1, 0.15) is 0 Å². The highest BCUT2D eigenvalue weighted by Gasteiger charge is 2.55. The van der Waals surface area contributed by atoms with Gasteiger partial charge < -0.3 is 0 Å². The Morgan fingerprint density at radius 1 is 0.958 bits per heavy atom. The molecular weight excluding hydrogens is 288 g/mol. The Morgan fingerprint density at radius 2 is 1.71 bits per heavy atom. The van der Waals surface area contributed by atoms with Crippen LogP contribution in [0.2, 0.25) is 0 Å². The van der Waals surface area contributed by atoms with E-state index in [0.717, 1.165) is 29.6 Å². The molecule has 0 heteroatoms. The number of allylic oxidation sites excluding steroid dienone is 9. The van der Waals surface area contributed by atoms with Crippen LogP contribution in [-0.2, 0) is 0 Å². The van der Waals surface area contributed by atoms with Gasteiger partial charge in [-0.3, -0.25) is 0 Å². The first-order valence-electron chi connectivity index (χ1n) is 10.1. The van der Waals surface area contributed by atoms with Crippen molar-refractivity contribution >= 4 is 0 Å². The van der Waals surface area contributed by atoms with Crippen molar-refractivity contribution < 1.29 is 0 Å². The van der Waals surface area contributed by atoms with Crippen molar-refractivity contribution in [2.45, 2.75) is 64.2 Å². The van der Waals surface area contributed by atoms with Crippen molar-refractivity contribution in [3.63, 3.8) is 0 Å². The molecule has 0 saturated heterocycles. The Morgan fingerprint density at radius 3 is 2.42 bits per heavy atom. The van der Waals surface area contributed by atoms with Gasteiger partial charge in [0, 0.05) is 0 Å². The summed E-state index contributed by atoms with van der Waals surface area (Å²) in [6.45, 7) is 4.16. The van der Waals surface area contributed by atoms with Crippen molar-refractivity contribution in [2.75, 3.05) is 0 Å². The molecule has 0 aliphatic heterocycles. The Balaban J connectivity index is 1.34. The zero-order valence-electron chi connectivity index (χ0n) is 15.1. The van der Waals surface area contributed by atoms with Gasteiger partial charge in [0.2, 0.25) is 0 Å². The van der Waals surface area contributed by atoms with E-state index >= 15 is 0 Å². The van der Waals surface area contributed by atoms with E-state index in [9.17, 15) is 0 Å². The van der Waals surface area contributed by atoms with Crippen LogP contribution in [0.4, 0.5) is 0 Å². The molecule has 0 aromatic carbocycles. The quantitative estimate of drug-likeness (QED) is 0.529. The average Bonchev–Trinajstić information content (AvgIpc) is 3.23. The van der Waals surface area contributed by atoms with Gasteiger partial charge in [-0.05, 0) is 73.7 Å². The predicted molar refractivity (Wildman–Crippen MR) is 104 cm³/mol. The van der Waals surface area contributed by atoms with E-state index in [1.54, 1.807) is 18.4 Å². The van der Waals surface area contributed by atoms with Crippen LogP contribution >= 0.6 is 0 Å². The maximum Gasteiger partial charge on any atom is -0.00974 e. The second-order valence-corrected chi connectivity index (χ2v) is 8.74. The fourth-order valence-corrected chi connectivity index (χ4v) is 5.21. The molecule has 4 aliphatic carbocycles. The molecule has 4 aliphatic rings. The van der Waals surface area contributed by atoms with Gasteiger partial charge in [-0.1, -0.05) is 73.9 Å². The lowest BCUT2D eigenvalue weighted by atomic mass is 9.73. The largest absolute Gasteiger partial charge is 0.0955 e. The first-order chi connectivity index (χ1) is 11.8. The van der Waals surface area contributed by atoms with Crippen LogP contribution in [0.3, 0.4) is 0 Å². The van der Waals surface area contributed by atoms with Crippen LogP contribution in [-0.4, -0.2) is 0 Å². The van der Waals surface area contributed by atoms with E-state index < -0.39 is 0 Å². The fraction of sp³-hybridized carbons (Fsp3) is 0.583. The lowest BCUT2D eigenvalue weighted by molar-refractivity contribution is 0.221. The van der Waals surface area contributed by atoms with Crippen LogP contribution < -0.4 is 0 Å². The number of hydrogen-bond donors (Lipinski definition) is 0. The molecule has 128 valence electrons. The molecule has 0 nitrogen and oxygen atoms in total. The highest BCUT2D eigenvalue weighted by molar-refractivity contribution is 5.32. The van der Waals surface area contributed by atoms with Gasteiger partial charge in [-0.2, -0.15) is 0 Å². The summed E-state index contributed by atoms with van der Waals surface area (Å²) in [6.07, 6.45) is 29.9. The molecule has 0 aromatic heterocycles. The molecule has 1 atom stereocenters. The Kier molecular flexibility index (Phi) is 4.66. The molecule has 0 N–H and O–H groups in total. The maximum atomic E-state index is 4.16. The second kappa shape index (κ2) is 6.90. The Hall–Kier alpha value is -1.30. The van der Waals surface area contributed by atoms with Crippen molar-refractivity contribution in [3.8, 4) is 0 Å². The SMILES string of the molecule is C=C1\C=C/C=C\C=C/C(C2CCC3(CC2)C[C@@H]3CC2CCC2)=C\C1. The van der Waals surface area contributed by atoms with E-state index in [4.69, 9.17) is 0 Å². The second-order valence-electron chi connectivity index (χ2n) is 8.74. The van der Waals surface area contributed by atoms with E-state index in [1.807, 2.05) is 0 Å². The summed E-state index contributed by atoms with van der Waals surface area (Å²) in [4.78, 5) is 0. The van der Waals surface area contributed by atoms with Gasteiger partial charge in [-0.25, -0.2) is 0 Å². The Labute approximate surface area is 148 Å². The number of hydrogen-bond acceptors (Lipinski definition) is 0. The van der Waals surface area contributed by atoms with Crippen molar-refractivity contribution in [1.82, 2.24) is 0 Å². The molecule has 0 amide bonds. The fourth-order valence-electron chi connectivity index (χ4n) is 5.21. The topological polar surface area (TPSA) is 0 Å². The van der Waals surface area contributed by atoms with Crippen molar-refractivity contribution in [2.24, 2.45) is 23.2 Å². The molecule has 0 bridgehead atoms. The summed E-state index contributed by atoms with van der Waals surface area (Å²) in [5.41, 5.74) is 3.54. The van der Waals surface area contributed by atoms with Crippen LogP contribution in [0.5, 0.6) is 0 Å². The number of rotatable bonds is 3. The van der Waals surface area contributed by atoms with E-state index in [1.165, 1.54) is 50.5 Å². The lowest BCUT2D eigenvalue weighted by Crippen LogP contribution is -2.20. The summed E-state index contributed by atoms with van der Waals surface area (Å²) in [5, 5.41) is 0. The first kappa shape index (κ1) is 16.2. The Bertz CT molecular complexity index is 586. The van der Waals surface area contributed by atoms with Gasteiger partial charge in [-0.15, -0.1) is 0 Å². The zero-order valence-corrected chi connectivity index (χ0v) is 15.1. The average molecular weight is 321 g/mol. The summed E-state index contributed by atoms with van der Waals surface area (Å²) in [7, 11) is 0. The monoisotopic (exact) mass is 320 g/mol. The molecule has 24 heavy (non-hydrogen) atoms. The van der Waals surface area contributed by atoms with Crippen LogP contribution in [0, 0.1) is 23.2 Å². The zero-order chi connectivity index (χ0) is 16.4. The van der Waals surface area contributed by atoms with Crippen LogP contribution in [0.15, 0.2) is 60.3 Å². The molecule has 4 rings (SSSR count). The minimum Gasteiger partial charge on any atom is -0.0955 e. The summed E-state index contributed by atoms with van der Waals surface area (Å²) < 4.78 is 0. The van der Waals surface area contributed by atoms with Crippen molar-refractivity contribution in [3.05, 3.63) is 60.3 Å². The standard InChI is InChI=1S/C24H32/c1-19-7-4-2-3-5-10-21(12-11-19)22-13-15-24(16-14-22)18-23(24)17-20-8-6-9-20/h2-5,7,10,12,20,22-23H,1,6,8-9,11,13-18H2/b3-2-,7-4-,10-5-,21-12+/t22?,23-,24?/m0/s1. The third-order valence-electron chi connectivity index (χ3n) is 7.21. The third-order valence-corrected chi connectivity index (χ3v) is 7.21. The summed E-state index contributed by atoms with van der Waals surface area (Å²) in [5.74, 6) is 2.97. The molecule has 0 radical (unpaired) electrons. The molecule has 3 fully saturated rings. The van der Waals surface area contributed by atoms with Gasteiger partial charge in [0.15, 0.2) is 0 Å². The van der Waals surface area contributed by atoms with Crippen LogP contribution in [0.25, 0.3) is 0 Å². The van der Waals surface area contributed by atoms with Crippen LogP contribution in [0.1, 0.15) is 64.2 Å². The first-order valence-corrected chi connectivity index (χ1v) is 10.1. The highest BCUT2D eigenvalue weighted by atomic mass is 14.6. The van der Waals surface area contributed by atoms with E-state index in [2.05, 4.69) is 49.1 Å². The molecule has 0 aromatic rings. The minimum absolute atomic E-state index is 0.776. The minimum atomic E-state index is 0.776. The molecule has 1 spiro atoms. The molecular formula is C24H32. The molecule has 3 saturated carbocycles. The molecule has 0 unspecified atom stereocenters.